The van der Waals surface area contributed by atoms with Gasteiger partial charge in [-0.05, 0) is 30.5 Å². The van der Waals surface area contributed by atoms with Crippen molar-refractivity contribution >= 4 is 17.3 Å². The van der Waals surface area contributed by atoms with Crippen molar-refractivity contribution in [2.45, 2.75) is 24.4 Å². The number of nitrogens with zero attached hydrogens (tertiary/aromatic N) is 2. The molecule has 2 atom stereocenters. The first-order valence-electron chi connectivity index (χ1n) is 10.4. The summed E-state index contributed by atoms with van der Waals surface area (Å²) in [5, 5.41) is 0. The van der Waals surface area contributed by atoms with Gasteiger partial charge >= 0.3 is 0 Å². The zero-order valence-electron chi connectivity index (χ0n) is 16.5. The van der Waals surface area contributed by atoms with Crippen molar-refractivity contribution in [3.63, 3.8) is 0 Å². The number of ether oxygens (including phenoxy) is 3. The van der Waals surface area contributed by atoms with Crippen molar-refractivity contribution in [2.24, 2.45) is 0 Å². The van der Waals surface area contributed by atoms with Gasteiger partial charge in [0.2, 0.25) is 5.91 Å². The van der Waals surface area contributed by atoms with Crippen molar-refractivity contribution in [3.05, 3.63) is 47.5 Å². The highest BCUT2D eigenvalue weighted by molar-refractivity contribution is 6.11. The largest absolute Gasteiger partial charge is 0.491 e. The Hall–Kier alpha value is -2.73. The lowest BCUT2D eigenvalue weighted by atomic mass is 9.77. The van der Waals surface area contributed by atoms with Crippen LogP contribution in [0.15, 0.2) is 36.4 Å². The lowest BCUT2D eigenvalue weighted by Gasteiger charge is -2.29. The van der Waals surface area contributed by atoms with Crippen molar-refractivity contribution in [2.75, 3.05) is 49.8 Å². The van der Waals surface area contributed by atoms with Gasteiger partial charge in [0.1, 0.15) is 30.1 Å². The number of rotatable bonds is 2. The molecule has 4 heterocycles. The summed E-state index contributed by atoms with van der Waals surface area (Å²) >= 11 is 0. The maximum absolute atomic E-state index is 13.9. The van der Waals surface area contributed by atoms with E-state index < -0.39 is 5.41 Å². The Labute approximate surface area is 170 Å². The van der Waals surface area contributed by atoms with E-state index >= 15 is 0 Å². The smallest absolute Gasteiger partial charge is 0.245 e. The average molecular weight is 392 g/mol. The minimum absolute atomic E-state index is 0.0901. The molecular weight excluding hydrogens is 368 g/mol. The molecule has 1 amide bonds. The van der Waals surface area contributed by atoms with E-state index in [2.05, 4.69) is 24.1 Å². The van der Waals surface area contributed by atoms with Gasteiger partial charge in [0.25, 0.3) is 0 Å². The van der Waals surface area contributed by atoms with Crippen LogP contribution in [0.3, 0.4) is 0 Å². The molecule has 150 valence electrons. The lowest BCUT2D eigenvalue weighted by molar-refractivity contribution is -0.122. The lowest BCUT2D eigenvalue weighted by Crippen LogP contribution is -2.45. The van der Waals surface area contributed by atoms with Crippen molar-refractivity contribution in [3.8, 4) is 11.5 Å². The maximum Gasteiger partial charge on any atom is 0.245 e. The molecule has 0 N–H and O–H groups in total. The normalized spacial score (nSPS) is 26.9. The highest BCUT2D eigenvalue weighted by Gasteiger charge is 2.57. The predicted octanol–water partition coefficient (Wildman–Crippen LogP) is 2.72. The van der Waals surface area contributed by atoms with Gasteiger partial charge in [-0.2, -0.15) is 0 Å². The van der Waals surface area contributed by atoms with Gasteiger partial charge in [-0.15, -0.1) is 0 Å². The monoisotopic (exact) mass is 392 g/mol. The van der Waals surface area contributed by atoms with Gasteiger partial charge in [0, 0.05) is 31.0 Å². The van der Waals surface area contributed by atoms with Crippen LogP contribution in [0.25, 0.3) is 0 Å². The Morgan fingerprint density at radius 1 is 1.07 bits per heavy atom. The molecule has 6 heteroatoms. The summed E-state index contributed by atoms with van der Waals surface area (Å²) in [5.74, 6) is 1.66. The van der Waals surface area contributed by atoms with Crippen LogP contribution in [0, 0.1) is 0 Å². The second-order valence-corrected chi connectivity index (χ2v) is 8.35. The summed E-state index contributed by atoms with van der Waals surface area (Å²) in [4.78, 5) is 18.0. The number of likely N-dealkylation sites (N-methyl/N-ethyl adjacent to an activating group) is 1. The fourth-order valence-electron chi connectivity index (χ4n) is 5.19. The van der Waals surface area contributed by atoms with Crippen LogP contribution in [0.2, 0.25) is 0 Å². The van der Waals surface area contributed by atoms with Crippen LogP contribution in [0.4, 0.5) is 11.4 Å². The van der Waals surface area contributed by atoms with Crippen molar-refractivity contribution in [1.82, 2.24) is 0 Å². The summed E-state index contributed by atoms with van der Waals surface area (Å²) in [6.07, 6.45) is 2.16. The van der Waals surface area contributed by atoms with E-state index in [0.29, 0.717) is 19.8 Å². The molecule has 0 aliphatic carbocycles. The maximum atomic E-state index is 13.9. The number of amides is 1. The van der Waals surface area contributed by atoms with Crippen molar-refractivity contribution < 1.29 is 19.0 Å². The highest BCUT2D eigenvalue weighted by Crippen LogP contribution is 2.54. The molecule has 29 heavy (non-hydrogen) atoms. The Kier molecular flexibility index (Phi) is 3.63. The van der Waals surface area contributed by atoms with Crippen LogP contribution in [-0.2, 0) is 14.9 Å². The fraction of sp³-hybridized carbons (Fsp3) is 0.435. The molecule has 1 spiro atoms. The molecule has 4 aliphatic heterocycles. The predicted molar refractivity (Wildman–Crippen MR) is 109 cm³/mol. The first kappa shape index (κ1) is 17.2. The zero-order chi connectivity index (χ0) is 19.6. The zero-order valence-corrected chi connectivity index (χ0v) is 16.5. The number of benzene rings is 2. The topological polar surface area (TPSA) is 51.2 Å². The number of carbonyl (C=O) groups excluding carboxylic acids is 1. The third kappa shape index (κ3) is 2.29. The van der Waals surface area contributed by atoms with Crippen molar-refractivity contribution in [1.29, 1.82) is 0 Å². The second-order valence-electron chi connectivity index (χ2n) is 8.35. The van der Waals surface area contributed by atoms with Gasteiger partial charge in [-0.1, -0.05) is 18.2 Å². The van der Waals surface area contributed by atoms with Crippen LogP contribution in [0.1, 0.15) is 24.0 Å². The summed E-state index contributed by atoms with van der Waals surface area (Å²) in [7, 11) is 2.06. The van der Waals surface area contributed by atoms with E-state index in [1.165, 1.54) is 0 Å². The fourth-order valence-corrected chi connectivity index (χ4v) is 5.19. The molecule has 1 saturated heterocycles. The summed E-state index contributed by atoms with van der Waals surface area (Å²) in [6.45, 7) is 3.19. The minimum atomic E-state index is -0.794. The highest BCUT2D eigenvalue weighted by atomic mass is 16.5. The first-order chi connectivity index (χ1) is 14.2. The summed E-state index contributed by atoms with van der Waals surface area (Å²) in [5.41, 5.74) is 3.18. The van der Waals surface area contributed by atoms with Crippen LogP contribution >= 0.6 is 0 Å². The average Bonchev–Trinajstić information content (AvgIpc) is 3.43. The number of fused-ring (bicyclic) bond motifs is 5. The molecule has 0 aromatic heterocycles. The Morgan fingerprint density at radius 3 is 2.83 bits per heavy atom. The van der Waals surface area contributed by atoms with Gasteiger partial charge in [0.15, 0.2) is 0 Å². The SMILES string of the molecule is CN1CCOc2cc3c(cc21)C1(CO3)C(=O)N(C[C@H]2CCCO2)c2ccccc21. The molecular formula is C23H24N2O4. The Balaban J connectivity index is 1.49. The number of hydrogen-bond donors (Lipinski definition) is 0. The van der Waals surface area contributed by atoms with Crippen LogP contribution in [-0.4, -0.2) is 52.0 Å². The third-order valence-corrected chi connectivity index (χ3v) is 6.74. The summed E-state index contributed by atoms with van der Waals surface area (Å²) < 4.78 is 17.8. The molecule has 0 radical (unpaired) electrons. The molecule has 2 aromatic carbocycles. The van der Waals surface area contributed by atoms with E-state index in [1.54, 1.807) is 0 Å². The Morgan fingerprint density at radius 2 is 1.97 bits per heavy atom. The van der Waals surface area contributed by atoms with Gasteiger partial charge in [0.05, 0.1) is 24.9 Å². The number of hydrogen-bond acceptors (Lipinski definition) is 5. The number of carbonyl (C=O) groups is 1. The van der Waals surface area contributed by atoms with E-state index in [-0.39, 0.29) is 12.0 Å². The number of para-hydroxylation sites is 1. The van der Waals surface area contributed by atoms with E-state index in [1.807, 2.05) is 29.2 Å². The van der Waals surface area contributed by atoms with E-state index in [4.69, 9.17) is 14.2 Å². The Bertz CT molecular complexity index is 1000. The van der Waals surface area contributed by atoms with Gasteiger partial charge in [-0.3, -0.25) is 4.79 Å². The quantitative estimate of drug-likeness (QED) is 0.787. The molecule has 1 fully saturated rings. The molecule has 0 bridgehead atoms. The molecule has 0 saturated carbocycles. The minimum Gasteiger partial charge on any atom is -0.491 e. The van der Waals surface area contributed by atoms with Gasteiger partial charge in [-0.25, -0.2) is 0 Å². The first-order valence-corrected chi connectivity index (χ1v) is 10.4. The standard InChI is InChI=1S/C23H24N2O4/c1-24-8-10-28-21-12-20-17(11-19(21)24)23(14-29-20)16-6-2-3-7-18(16)25(22(23)26)13-15-5-4-9-27-15/h2-3,6-7,11-12,15H,4-5,8-10,13-14H2,1H3/t15-,23?/m1/s1. The number of anilines is 2. The summed E-state index contributed by atoms with van der Waals surface area (Å²) in [6, 6.07) is 12.2. The third-order valence-electron chi connectivity index (χ3n) is 6.74. The molecule has 1 unspecified atom stereocenters. The van der Waals surface area contributed by atoms with Gasteiger partial charge < -0.3 is 24.0 Å². The molecule has 2 aromatic rings. The van der Waals surface area contributed by atoms with Crippen LogP contribution in [0.5, 0.6) is 11.5 Å². The van der Waals surface area contributed by atoms with Crippen LogP contribution < -0.4 is 19.3 Å². The molecule has 4 aliphatic rings. The second kappa shape index (κ2) is 6.13. The van der Waals surface area contributed by atoms with E-state index in [9.17, 15) is 4.79 Å². The molecule has 6 rings (SSSR count). The molecule has 6 nitrogen and oxygen atoms in total. The van der Waals surface area contributed by atoms with E-state index in [0.717, 1.165) is 60.0 Å².